The van der Waals surface area contributed by atoms with Crippen LogP contribution in [-0.2, 0) is 17.8 Å². The zero-order valence-electron chi connectivity index (χ0n) is 16.0. The highest BCUT2D eigenvalue weighted by Gasteiger charge is 2.31. The molecule has 0 radical (unpaired) electrons. The third-order valence-corrected chi connectivity index (χ3v) is 5.22. The Morgan fingerprint density at radius 2 is 2.03 bits per heavy atom. The molecule has 2 N–H and O–H groups in total. The van der Waals surface area contributed by atoms with E-state index in [4.69, 9.17) is 5.73 Å². The Morgan fingerprint density at radius 1 is 1.24 bits per heavy atom. The molecule has 1 aromatic carbocycles. The molecule has 0 unspecified atom stereocenters. The molecule has 6 nitrogen and oxygen atoms in total. The van der Waals surface area contributed by atoms with E-state index in [0.717, 1.165) is 18.3 Å². The predicted octanol–water partition coefficient (Wildman–Crippen LogP) is 2.82. The van der Waals surface area contributed by atoms with Gasteiger partial charge in [0.2, 0.25) is 5.91 Å². The molecular weight excluding hydrogens is 376 g/mol. The standard InChI is InChI=1S/C21H21F2N5O/c1-13-8-25-12-28(13)11-14-9-27(10-14)21(29)7-20-18(24)4-5-19(26-20)16-3-2-15(22)6-17(16)23/h2-6,8,12,14H,7,9-11,24H2,1H3. The number of pyridine rings is 1. The molecule has 4 rings (SSSR count). The average Bonchev–Trinajstić information content (AvgIpc) is 3.04. The number of hydrogen-bond donors (Lipinski definition) is 1. The topological polar surface area (TPSA) is 77.0 Å². The molecule has 0 saturated carbocycles. The predicted molar refractivity (Wildman–Crippen MR) is 105 cm³/mol. The lowest BCUT2D eigenvalue weighted by Gasteiger charge is -2.39. The van der Waals surface area contributed by atoms with Crippen LogP contribution in [0.2, 0.25) is 0 Å². The number of carbonyl (C=O) groups excluding carboxylic acids is 1. The van der Waals surface area contributed by atoms with Crippen molar-refractivity contribution in [2.45, 2.75) is 19.9 Å². The quantitative estimate of drug-likeness (QED) is 0.718. The number of hydrogen-bond acceptors (Lipinski definition) is 4. The fraction of sp³-hybridized carbons (Fsp3) is 0.286. The summed E-state index contributed by atoms with van der Waals surface area (Å²) in [5.41, 5.74) is 8.32. The molecule has 29 heavy (non-hydrogen) atoms. The number of aromatic nitrogens is 3. The van der Waals surface area contributed by atoms with Crippen LogP contribution in [0, 0.1) is 24.5 Å². The number of carbonyl (C=O) groups is 1. The number of imidazole rings is 1. The van der Waals surface area contributed by atoms with Crippen molar-refractivity contribution in [1.82, 2.24) is 19.4 Å². The first-order chi connectivity index (χ1) is 13.9. The Hall–Kier alpha value is -3.29. The summed E-state index contributed by atoms with van der Waals surface area (Å²) in [7, 11) is 0. The van der Waals surface area contributed by atoms with Crippen LogP contribution in [0.15, 0.2) is 42.9 Å². The third kappa shape index (κ3) is 3.96. The normalized spacial score (nSPS) is 14.1. The highest BCUT2D eigenvalue weighted by molar-refractivity contribution is 5.81. The molecule has 0 spiro atoms. The molecule has 1 aliphatic rings. The van der Waals surface area contributed by atoms with Gasteiger partial charge in [-0.15, -0.1) is 0 Å². The summed E-state index contributed by atoms with van der Waals surface area (Å²) in [6.07, 6.45) is 3.65. The minimum atomic E-state index is -0.708. The van der Waals surface area contributed by atoms with E-state index in [1.54, 1.807) is 23.4 Å². The van der Waals surface area contributed by atoms with Gasteiger partial charge in [0.05, 0.1) is 29.8 Å². The molecule has 0 aliphatic carbocycles. The highest BCUT2D eigenvalue weighted by Crippen LogP contribution is 2.25. The molecule has 3 aromatic rings. The number of nitrogen functional groups attached to an aromatic ring is 1. The second-order valence-corrected chi connectivity index (χ2v) is 7.39. The van der Waals surface area contributed by atoms with Gasteiger partial charge in [-0.05, 0) is 31.2 Å². The fourth-order valence-corrected chi connectivity index (χ4v) is 3.50. The van der Waals surface area contributed by atoms with Gasteiger partial charge in [0.25, 0.3) is 0 Å². The lowest BCUT2D eigenvalue weighted by molar-refractivity contribution is -0.137. The van der Waals surface area contributed by atoms with Crippen LogP contribution in [0.3, 0.4) is 0 Å². The fourth-order valence-electron chi connectivity index (χ4n) is 3.50. The Kier molecular flexibility index (Phi) is 5.00. The number of likely N-dealkylation sites (tertiary alicyclic amines) is 1. The summed E-state index contributed by atoms with van der Waals surface area (Å²) in [5, 5.41) is 0. The van der Waals surface area contributed by atoms with Crippen LogP contribution >= 0.6 is 0 Å². The first-order valence-corrected chi connectivity index (χ1v) is 9.36. The maximum atomic E-state index is 14.1. The maximum absolute atomic E-state index is 14.1. The van der Waals surface area contributed by atoms with Gasteiger partial charge in [-0.1, -0.05) is 0 Å². The van der Waals surface area contributed by atoms with Crippen LogP contribution in [-0.4, -0.2) is 38.4 Å². The first-order valence-electron chi connectivity index (χ1n) is 9.36. The van der Waals surface area contributed by atoms with Gasteiger partial charge in [-0.3, -0.25) is 9.78 Å². The molecule has 2 aromatic heterocycles. The summed E-state index contributed by atoms with van der Waals surface area (Å²) in [6, 6.07) is 6.46. The van der Waals surface area contributed by atoms with Crippen molar-refractivity contribution in [3.05, 3.63) is 65.9 Å². The number of nitrogens with zero attached hydrogens (tertiary/aromatic N) is 4. The van der Waals surface area contributed by atoms with Crippen molar-refractivity contribution < 1.29 is 13.6 Å². The van der Waals surface area contributed by atoms with Crippen molar-refractivity contribution in [3.63, 3.8) is 0 Å². The molecular formula is C21H21F2N5O. The Labute approximate surface area is 167 Å². The maximum Gasteiger partial charge on any atom is 0.228 e. The summed E-state index contributed by atoms with van der Waals surface area (Å²) in [4.78, 5) is 22.8. The van der Waals surface area contributed by atoms with Gasteiger partial charge in [-0.2, -0.15) is 0 Å². The number of halogens is 2. The van der Waals surface area contributed by atoms with Crippen molar-refractivity contribution >= 4 is 11.6 Å². The van der Waals surface area contributed by atoms with Crippen molar-refractivity contribution in [2.24, 2.45) is 5.92 Å². The largest absolute Gasteiger partial charge is 0.397 e. The Bertz CT molecular complexity index is 1060. The number of rotatable bonds is 5. The monoisotopic (exact) mass is 397 g/mol. The van der Waals surface area contributed by atoms with Crippen LogP contribution in [0.25, 0.3) is 11.3 Å². The van der Waals surface area contributed by atoms with E-state index in [0.29, 0.717) is 36.1 Å². The SMILES string of the molecule is Cc1cncn1CC1CN(C(=O)Cc2nc(-c3ccc(F)cc3F)ccc2N)C1. The van der Waals surface area contributed by atoms with Crippen molar-refractivity contribution in [1.29, 1.82) is 0 Å². The zero-order chi connectivity index (χ0) is 20.5. The van der Waals surface area contributed by atoms with Crippen LogP contribution in [0.5, 0.6) is 0 Å². The summed E-state index contributed by atoms with van der Waals surface area (Å²) < 4.78 is 29.3. The van der Waals surface area contributed by atoms with Gasteiger partial charge < -0.3 is 15.2 Å². The third-order valence-electron chi connectivity index (χ3n) is 5.22. The van der Waals surface area contributed by atoms with Gasteiger partial charge in [0, 0.05) is 49.1 Å². The van der Waals surface area contributed by atoms with E-state index in [2.05, 4.69) is 14.5 Å². The molecule has 1 saturated heterocycles. The molecule has 1 fully saturated rings. The van der Waals surface area contributed by atoms with Gasteiger partial charge in [-0.25, -0.2) is 13.8 Å². The van der Waals surface area contributed by atoms with Gasteiger partial charge in [0.15, 0.2) is 0 Å². The number of benzene rings is 1. The number of aryl methyl sites for hydroxylation is 1. The molecule has 0 bridgehead atoms. The van der Waals surface area contributed by atoms with Crippen LogP contribution in [0.1, 0.15) is 11.4 Å². The lowest BCUT2D eigenvalue weighted by Crippen LogP contribution is -2.52. The molecule has 1 amide bonds. The van der Waals surface area contributed by atoms with E-state index in [-0.39, 0.29) is 17.9 Å². The number of anilines is 1. The van der Waals surface area contributed by atoms with Crippen LogP contribution in [0.4, 0.5) is 14.5 Å². The van der Waals surface area contributed by atoms with E-state index >= 15 is 0 Å². The second kappa shape index (κ2) is 7.62. The van der Waals surface area contributed by atoms with E-state index < -0.39 is 11.6 Å². The number of nitrogens with two attached hydrogens (primary N) is 1. The molecule has 150 valence electrons. The highest BCUT2D eigenvalue weighted by atomic mass is 19.1. The molecule has 1 aliphatic heterocycles. The molecule has 8 heteroatoms. The Balaban J connectivity index is 1.42. The second-order valence-electron chi connectivity index (χ2n) is 7.39. The average molecular weight is 397 g/mol. The molecule has 3 heterocycles. The van der Waals surface area contributed by atoms with E-state index in [1.165, 1.54) is 12.1 Å². The van der Waals surface area contributed by atoms with Gasteiger partial charge >= 0.3 is 0 Å². The minimum absolute atomic E-state index is 0.0410. The van der Waals surface area contributed by atoms with Crippen molar-refractivity contribution in [3.8, 4) is 11.3 Å². The molecule has 0 atom stereocenters. The zero-order valence-corrected chi connectivity index (χ0v) is 16.0. The van der Waals surface area contributed by atoms with E-state index in [9.17, 15) is 13.6 Å². The summed E-state index contributed by atoms with van der Waals surface area (Å²) in [5.74, 6) is -1.05. The van der Waals surface area contributed by atoms with Gasteiger partial charge in [0.1, 0.15) is 11.6 Å². The summed E-state index contributed by atoms with van der Waals surface area (Å²) in [6.45, 7) is 4.17. The minimum Gasteiger partial charge on any atom is -0.397 e. The number of amides is 1. The van der Waals surface area contributed by atoms with Crippen molar-refractivity contribution in [2.75, 3.05) is 18.8 Å². The van der Waals surface area contributed by atoms with Crippen LogP contribution < -0.4 is 5.73 Å². The lowest BCUT2D eigenvalue weighted by atomic mass is 9.99. The first kappa shape index (κ1) is 19.0. The van der Waals surface area contributed by atoms with E-state index in [1.807, 2.05) is 13.1 Å². The smallest absolute Gasteiger partial charge is 0.228 e. The summed E-state index contributed by atoms with van der Waals surface area (Å²) >= 11 is 0. The Morgan fingerprint density at radius 3 is 2.72 bits per heavy atom.